The number of nitrogens with zero attached hydrogens (tertiary/aromatic N) is 1. The second-order valence-electron chi connectivity index (χ2n) is 5.50. The van der Waals surface area contributed by atoms with Crippen LogP contribution in [-0.2, 0) is 9.59 Å². The van der Waals surface area contributed by atoms with Crippen LogP contribution in [0.1, 0.15) is 6.42 Å². The van der Waals surface area contributed by atoms with Crippen LogP contribution in [0, 0.1) is 11.7 Å². The number of rotatable bonds is 3. The van der Waals surface area contributed by atoms with Gasteiger partial charge in [-0.3, -0.25) is 9.59 Å². The van der Waals surface area contributed by atoms with Crippen LogP contribution in [0.2, 0.25) is 10.0 Å². The van der Waals surface area contributed by atoms with Gasteiger partial charge in [0.05, 0.1) is 16.0 Å². The predicted molar refractivity (Wildman–Crippen MR) is 92.0 cm³/mol. The Morgan fingerprint density at radius 1 is 1.12 bits per heavy atom. The fourth-order valence-electron chi connectivity index (χ4n) is 2.56. The van der Waals surface area contributed by atoms with Gasteiger partial charge in [-0.1, -0.05) is 23.2 Å². The minimum absolute atomic E-state index is 0.104. The highest BCUT2D eigenvalue weighted by atomic mass is 35.5. The topological polar surface area (TPSA) is 49.4 Å². The summed E-state index contributed by atoms with van der Waals surface area (Å²) in [5.74, 6) is -1.31. The van der Waals surface area contributed by atoms with Crippen molar-refractivity contribution in [2.75, 3.05) is 16.8 Å². The molecular formula is C17H13Cl2FN2O2. The number of hydrogen-bond acceptors (Lipinski definition) is 2. The number of halogens is 3. The highest BCUT2D eigenvalue weighted by molar-refractivity contribution is 6.42. The van der Waals surface area contributed by atoms with Gasteiger partial charge in [0.1, 0.15) is 5.82 Å². The van der Waals surface area contributed by atoms with Crippen molar-refractivity contribution in [3.63, 3.8) is 0 Å². The van der Waals surface area contributed by atoms with Crippen LogP contribution < -0.4 is 10.2 Å². The van der Waals surface area contributed by atoms with E-state index in [1.807, 2.05) is 0 Å². The van der Waals surface area contributed by atoms with Crippen LogP contribution in [0.5, 0.6) is 0 Å². The Hall–Kier alpha value is -2.11. The lowest BCUT2D eigenvalue weighted by Gasteiger charge is -2.17. The summed E-state index contributed by atoms with van der Waals surface area (Å²) in [6.45, 7) is 0.254. The summed E-state index contributed by atoms with van der Waals surface area (Å²) in [7, 11) is 0. The summed E-state index contributed by atoms with van der Waals surface area (Å²) >= 11 is 11.9. The minimum atomic E-state index is -0.489. The summed E-state index contributed by atoms with van der Waals surface area (Å²) in [6.07, 6.45) is 0.104. The number of anilines is 2. The Labute approximate surface area is 148 Å². The molecule has 0 aliphatic carbocycles. The fraction of sp³-hybridized carbons (Fsp3) is 0.176. The Morgan fingerprint density at radius 2 is 1.83 bits per heavy atom. The molecule has 0 spiro atoms. The molecule has 2 amide bonds. The van der Waals surface area contributed by atoms with Crippen molar-refractivity contribution in [2.45, 2.75) is 6.42 Å². The number of carbonyl (C=O) groups is 2. The minimum Gasteiger partial charge on any atom is -0.326 e. The van der Waals surface area contributed by atoms with Crippen molar-refractivity contribution < 1.29 is 14.0 Å². The van der Waals surface area contributed by atoms with Crippen molar-refractivity contribution in [3.05, 3.63) is 58.3 Å². The van der Waals surface area contributed by atoms with E-state index in [0.29, 0.717) is 21.4 Å². The van der Waals surface area contributed by atoms with Crippen LogP contribution in [0.4, 0.5) is 15.8 Å². The number of nitrogens with one attached hydrogen (secondary N) is 1. The average molecular weight is 367 g/mol. The van der Waals surface area contributed by atoms with Gasteiger partial charge in [-0.25, -0.2) is 4.39 Å². The molecule has 2 aromatic rings. The van der Waals surface area contributed by atoms with Gasteiger partial charge in [-0.2, -0.15) is 0 Å². The van der Waals surface area contributed by atoms with Crippen molar-refractivity contribution in [3.8, 4) is 0 Å². The molecule has 124 valence electrons. The van der Waals surface area contributed by atoms with Crippen molar-refractivity contribution in [1.29, 1.82) is 0 Å². The molecule has 24 heavy (non-hydrogen) atoms. The monoisotopic (exact) mass is 366 g/mol. The van der Waals surface area contributed by atoms with Crippen molar-refractivity contribution >= 4 is 46.4 Å². The standard InChI is InChI=1S/C17H13Cl2FN2O2/c18-14-6-5-13(8-15(14)19)22-9-10(7-16(22)23)17(24)21-12-3-1-11(20)2-4-12/h1-6,8,10H,7,9H2,(H,21,24)/t10-/m1/s1. The lowest BCUT2D eigenvalue weighted by molar-refractivity contribution is -0.122. The van der Waals surface area contributed by atoms with E-state index < -0.39 is 5.92 Å². The van der Waals surface area contributed by atoms with Gasteiger partial charge in [0.25, 0.3) is 0 Å². The van der Waals surface area contributed by atoms with Gasteiger partial charge in [0, 0.05) is 24.3 Å². The molecule has 0 saturated carbocycles. The second kappa shape index (κ2) is 6.79. The molecule has 3 rings (SSSR count). The first kappa shape index (κ1) is 16.7. The zero-order chi connectivity index (χ0) is 17.3. The Balaban J connectivity index is 1.70. The van der Waals surface area contributed by atoms with Crippen LogP contribution in [0.25, 0.3) is 0 Å². The van der Waals surface area contributed by atoms with Gasteiger partial charge in [-0.15, -0.1) is 0 Å². The summed E-state index contributed by atoms with van der Waals surface area (Å²) in [4.78, 5) is 26.0. The Kier molecular flexibility index (Phi) is 4.73. The molecule has 1 saturated heterocycles. The van der Waals surface area contributed by atoms with E-state index in [9.17, 15) is 14.0 Å². The summed E-state index contributed by atoms with van der Waals surface area (Å²) in [5, 5.41) is 3.44. The molecule has 1 heterocycles. The molecule has 0 unspecified atom stereocenters. The first-order valence-electron chi connectivity index (χ1n) is 7.26. The number of carbonyl (C=O) groups excluding carboxylic acids is 2. The molecule has 1 fully saturated rings. The average Bonchev–Trinajstić information content (AvgIpc) is 2.94. The number of amides is 2. The van der Waals surface area contributed by atoms with Crippen molar-refractivity contribution in [1.82, 2.24) is 0 Å². The van der Waals surface area contributed by atoms with Gasteiger partial charge in [0.15, 0.2) is 0 Å². The maximum atomic E-state index is 12.9. The normalized spacial score (nSPS) is 17.2. The second-order valence-corrected chi connectivity index (χ2v) is 6.31. The van der Waals surface area contributed by atoms with Gasteiger partial charge >= 0.3 is 0 Å². The third kappa shape index (κ3) is 3.52. The molecule has 4 nitrogen and oxygen atoms in total. The van der Waals surface area contributed by atoms with Gasteiger partial charge in [0.2, 0.25) is 11.8 Å². The SMILES string of the molecule is O=C(Nc1ccc(F)cc1)[C@@H]1CC(=O)N(c2ccc(Cl)c(Cl)c2)C1. The van der Waals surface area contributed by atoms with Crippen molar-refractivity contribution in [2.24, 2.45) is 5.92 Å². The molecule has 0 bridgehead atoms. The molecule has 1 N–H and O–H groups in total. The molecule has 2 aromatic carbocycles. The highest BCUT2D eigenvalue weighted by Crippen LogP contribution is 2.31. The lowest BCUT2D eigenvalue weighted by atomic mass is 10.1. The smallest absolute Gasteiger partial charge is 0.229 e. The molecule has 1 aliphatic heterocycles. The van der Waals surface area contributed by atoms with Gasteiger partial charge < -0.3 is 10.2 Å². The van der Waals surface area contributed by atoms with E-state index >= 15 is 0 Å². The Bertz CT molecular complexity index is 796. The first-order valence-corrected chi connectivity index (χ1v) is 8.01. The third-order valence-electron chi connectivity index (χ3n) is 3.82. The lowest BCUT2D eigenvalue weighted by Crippen LogP contribution is -2.28. The zero-order valence-corrected chi connectivity index (χ0v) is 13.9. The molecule has 1 aliphatic rings. The van der Waals surface area contributed by atoms with Crippen LogP contribution >= 0.6 is 23.2 Å². The summed E-state index contributed by atoms with van der Waals surface area (Å²) in [6, 6.07) is 10.4. The fourth-order valence-corrected chi connectivity index (χ4v) is 2.86. The summed E-state index contributed by atoms with van der Waals surface area (Å²) in [5.41, 5.74) is 1.09. The van der Waals surface area contributed by atoms with Crippen LogP contribution in [0.15, 0.2) is 42.5 Å². The largest absolute Gasteiger partial charge is 0.326 e. The van der Waals surface area contributed by atoms with E-state index in [-0.39, 0.29) is 30.6 Å². The molecule has 7 heteroatoms. The first-order chi connectivity index (χ1) is 11.4. The summed E-state index contributed by atoms with van der Waals surface area (Å²) < 4.78 is 12.9. The maximum absolute atomic E-state index is 12.9. The van der Waals surface area contributed by atoms with E-state index in [1.54, 1.807) is 18.2 Å². The van der Waals surface area contributed by atoms with E-state index in [1.165, 1.54) is 29.2 Å². The number of hydrogen-bond donors (Lipinski definition) is 1. The molecule has 0 radical (unpaired) electrons. The molecule has 1 atom stereocenters. The van der Waals surface area contributed by atoms with E-state index in [2.05, 4.69) is 5.32 Å². The Morgan fingerprint density at radius 3 is 2.50 bits per heavy atom. The van der Waals surface area contributed by atoms with E-state index in [4.69, 9.17) is 23.2 Å². The zero-order valence-electron chi connectivity index (χ0n) is 12.4. The quantitative estimate of drug-likeness (QED) is 0.887. The maximum Gasteiger partial charge on any atom is 0.229 e. The highest BCUT2D eigenvalue weighted by Gasteiger charge is 2.35. The van der Waals surface area contributed by atoms with E-state index in [0.717, 1.165) is 0 Å². The van der Waals surface area contributed by atoms with Crippen LogP contribution in [-0.4, -0.2) is 18.4 Å². The van der Waals surface area contributed by atoms with Gasteiger partial charge in [-0.05, 0) is 42.5 Å². The number of benzene rings is 2. The predicted octanol–water partition coefficient (Wildman–Crippen LogP) is 4.12. The van der Waals surface area contributed by atoms with Crippen LogP contribution in [0.3, 0.4) is 0 Å². The third-order valence-corrected chi connectivity index (χ3v) is 4.56. The molecular weight excluding hydrogens is 354 g/mol. The molecule has 0 aromatic heterocycles.